The molecular weight excluding hydrogens is 222 g/mol. The molecule has 18 heavy (non-hydrogen) atoms. The average molecular weight is 249 g/mol. The van der Waals surface area contributed by atoms with E-state index >= 15 is 0 Å². The van der Waals surface area contributed by atoms with Crippen LogP contribution in [-0.4, -0.2) is 13.7 Å². The van der Waals surface area contributed by atoms with E-state index in [-0.39, 0.29) is 0 Å². The van der Waals surface area contributed by atoms with Crippen LogP contribution in [-0.2, 0) is 0 Å². The summed E-state index contributed by atoms with van der Waals surface area (Å²) in [5.74, 6) is 0.916. The number of hydrogen-bond acceptors (Lipinski definition) is 2. The normalized spacial score (nSPS) is 10.3. The van der Waals surface area contributed by atoms with Crippen LogP contribution in [0.3, 0.4) is 0 Å². The first-order valence-electron chi connectivity index (χ1n) is 7.24. The van der Waals surface area contributed by atoms with E-state index in [1.54, 1.807) is 7.11 Å². The van der Waals surface area contributed by atoms with Crippen LogP contribution in [0.15, 0.2) is 24.3 Å². The molecule has 1 rings (SSSR count). The van der Waals surface area contributed by atoms with Gasteiger partial charge in [-0.1, -0.05) is 51.5 Å². The van der Waals surface area contributed by atoms with Gasteiger partial charge in [0.2, 0.25) is 0 Å². The predicted molar refractivity (Wildman–Crippen MR) is 79.5 cm³/mol. The summed E-state index contributed by atoms with van der Waals surface area (Å²) in [5, 5.41) is 3.44. The zero-order chi connectivity index (χ0) is 13.1. The highest BCUT2D eigenvalue weighted by Gasteiger charge is 1.95. The molecule has 0 aliphatic rings. The number of ether oxygens (including phenoxy) is 1. The van der Waals surface area contributed by atoms with Gasteiger partial charge < -0.3 is 10.1 Å². The monoisotopic (exact) mass is 249 g/mol. The SMILES string of the molecule is CCCCCCCCCNc1cccc(OC)c1. The molecule has 2 heteroatoms. The fraction of sp³-hybridized carbons (Fsp3) is 0.625. The molecule has 0 amide bonds. The highest BCUT2D eigenvalue weighted by Crippen LogP contribution is 2.16. The van der Waals surface area contributed by atoms with Crippen molar-refractivity contribution in [2.75, 3.05) is 19.0 Å². The van der Waals surface area contributed by atoms with Crippen LogP contribution in [0.2, 0.25) is 0 Å². The van der Waals surface area contributed by atoms with Crippen LogP contribution in [0.25, 0.3) is 0 Å². The summed E-state index contributed by atoms with van der Waals surface area (Å²) < 4.78 is 5.20. The van der Waals surface area contributed by atoms with Crippen molar-refractivity contribution >= 4 is 5.69 Å². The average Bonchev–Trinajstić information content (AvgIpc) is 2.42. The highest BCUT2D eigenvalue weighted by molar-refractivity contribution is 5.47. The summed E-state index contributed by atoms with van der Waals surface area (Å²) in [6.45, 7) is 3.32. The predicted octanol–water partition coefficient (Wildman–Crippen LogP) is 4.86. The van der Waals surface area contributed by atoms with Gasteiger partial charge in [-0.3, -0.25) is 0 Å². The van der Waals surface area contributed by atoms with Crippen molar-refractivity contribution in [2.24, 2.45) is 0 Å². The molecule has 2 nitrogen and oxygen atoms in total. The lowest BCUT2D eigenvalue weighted by Gasteiger charge is -2.07. The molecule has 0 spiro atoms. The van der Waals surface area contributed by atoms with Gasteiger partial charge in [-0.05, 0) is 18.6 Å². The van der Waals surface area contributed by atoms with Crippen LogP contribution in [0.5, 0.6) is 5.75 Å². The second-order valence-electron chi connectivity index (χ2n) is 4.78. The Hall–Kier alpha value is -1.18. The van der Waals surface area contributed by atoms with Gasteiger partial charge in [0.25, 0.3) is 0 Å². The number of unbranched alkanes of at least 4 members (excludes halogenated alkanes) is 6. The minimum absolute atomic E-state index is 0.916. The molecule has 0 unspecified atom stereocenters. The molecule has 0 atom stereocenters. The van der Waals surface area contributed by atoms with Crippen LogP contribution in [0.4, 0.5) is 5.69 Å². The van der Waals surface area contributed by atoms with Crippen molar-refractivity contribution < 1.29 is 4.74 Å². The maximum atomic E-state index is 5.20. The van der Waals surface area contributed by atoms with Crippen LogP contribution in [0, 0.1) is 0 Å². The van der Waals surface area contributed by atoms with Crippen LogP contribution in [0.1, 0.15) is 51.9 Å². The molecule has 0 aromatic heterocycles. The first-order valence-corrected chi connectivity index (χ1v) is 7.24. The van der Waals surface area contributed by atoms with Crippen molar-refractivity contribution in [3.05, 3.63) is 24.3 Å². The zero-order valence-corrected chi connectivity index (χ0v) is 11.9. The molecule has 0 radical (unpaired) electrons. The van der Waals surface area contributed by atoms with E-state index in [4.69, 9.17) is 4.74 Å². The van der Waals surface area contributed by atoms with E-state index in [1.165, 1.54) is 44.9 Å². The maximum Gasteiger partial charge on any atom is 0.120 e. The second kappa shape index (κ2) is 9.81. The summed E-state index contributed by atoms with van der Waals surface area (Å²) in [5.41, 5.74) is 1.15. The zero-order valence-electron chi connectivity index (χ0n) is 11.9. The van der Waals surface area contributed by atoms with E-state index in [9.17, 15) is 0 Å². The standard InChI is InChI=1S/C16H27NO/c1-3-4-5-6-7-8-9-13-17-15-11-10-12-16(14-15)18-2/h10-12,14,17H,3-9,13H2,1-2H3. The molecule has 102 valence electrons. The number of methoxy groups -OCH3 is 1. The Bertz CT molecular complexity index is 312. The minimum Gasteiger partial charge on any atom is -0.497 e. The molecule has 0 heterocycles. The third kappa shape index (κ3) is 6.53. The quantitative estimate of drug-likeness (QED) is 0.598. The molecule has 0 saturated carbocycles. The Morgan fingerprint density at radius 3 is 2.44 bits per heavy atom. The third-order valence-corrected chi connectivity index (χ3v) is 3.18. The fourth-order valence-corrected chi connectivity index (χ4v) is 2.05. The Morgan fingerprint density at radius 1 is 1.00 bits per heavy atom. The van der Waals surface area contributed by atoms with Crippen molar-refractivity contribution in [1.82, 2.24) is 0 Å². The van der Waals surface area contributed by atoms with Crippen LogP contribution < -0.4 is 10.1 Å². The van der Waals surface area contributed by atoms with Crippen LogP contribution >= 0.6 is 0 Å². The minimum atomic E-state index is 0.916. The lowest BCUT2D eigenvalue weighted by Crippen LogP contribution is -2.01. The summed E-state index contributed by atoms with van der Waals surface area (Å²) >= 11 is 0. The largest absolute Gasteiger partial charge is 0.497 e. The summed E-state index contributed by atoms with van der Waals surface area (Å²) in [4.78, 5) is 0. The Kier molecular flexibility index (Phi) is 8.11. The van der Waals surface area contributed by atoms with E-state index in [2.05, 4.69) is 18.3 Å². The van der Waals surface area contributed by atoms with Crippen molar-refractivity contribution in [1.29, 1.82) is 0 Å². The molecule has 0 bridgehead atoms. The Labute approximate surface area is 112 Å². The molecule has 1 N–H and O–H groups in total. The molecule has 1 aromatic rings. The van der Waals surface area contributed by atoms with Gasteiger partial charge in [-0.15, -0.1) is 0 Å². The number of benzene rings is 1. The van der Waals surface area contributed by atoms with Gasteiger partial charge in [0.05, 0.1) is 7.11 Å². The number of nitrogens with one attached hydrogen (secondary N) is 1. The number of rotatable bonds is 10. The molecule has 0 fully saturated rings. The summed E-state index contributed by atoms with van der Waals surface area (Å²) in [7, 11) is 1.70. The van der Waals surface area contributed by atoms with E-state index in [1.807, 2.05) is 18.2 Å². The second-order valence-corrected chi connectivity index (χ2v) is 4.78. The third-order valence-electron chi connectivity index (χ3n) is 3.18. The first-order chi connectivity index (χ1) is 8.86. The van der Waals surface area contributed by atoms with Gasteiger partial charge >= 0.3 is 0 Å². The highest BCUT2D eigenvalue weighted by atomic mass is 16.5. The van der Waals surface area contributed by atoms with Gasteiger partial charge in [-0.25, -0.2) is 0 Å². The van der Waals surface area contributed by atoms with Gasteiger partial charge in [-0.2, -0.15) is 0 Å². The van der Waals surface area contributed by atoms with E-state index < -0.39 is 0 Å². The van der Waals surface area contributed by atoms with Gasteiger partial charge in [0, 0.05) is 18.3 Å². The number of hydrogen-bond donors (Lipinski definition) is 1. The lowest BCUT2D eigenvalue weighted by molar-refractivity contribution is 0.415. The summed E-state index contributed by atoms with van der Waals surface area (Å²) in [6.07, 6.45) is 9.48. The fourth-order valence-electron chi connectivity index (χ4n) is 2.05. The topological polar surface area (TPSA) is 21.3 Å². The molecule has 0 saturated heterocycles. The molecule has 1 aromatic carbocycles. The Morgan fingerprint density at radius 2 is 1.72 bits per heavy atom. The smallest absolute Gasteiger partial charge is 0.120 e. The van der Waals surface area contributed by atoms with Crippen molar-refractivity contribution in [2.45, 2.75) is 51.9 Å². The molecule has 0 aliphatic carbocycles. The van der Waals surface area contributed by atoms with E-state index in [0.29, 0.717) is 0 Å². The van der Waals surface area contributed by atoms with E-state index in [0.717, 1.165) is 18.0 Å². The van der Waals surface area contributed by atoms with Gasteiger partial charge in [0.15, 0.2) is 0 Å². The number of anilines is 1. The van der Waals surface area contributed by atoms with Crippen molar-refractivity contribution in [3.63, 3.8) is 0 Å². The maximum absolute atomic E-state index is 5.20. The molecule has 0 aliphatic heterocycles. The van der Waals surface area contributed by atoms with Crippen molar-refractivity contribution in [3.8, 4) is 5.75 Å². The van der Waals surface area contributed by atoms with Gasteiger partial charge in [0.1, 0.15) is 5.75 Å². The molecular formula is C16H27NO. The first kappa shape index (κ1) is 14.9. The summed E-state index contributed by atoms with van der Waals surface area (Å²) in [6, 6.07) is 8.12. The lowest BCUT2D eigenvalue weighted by atomic mass is 10.1. The Balaban J connectivity index is 2.03.